The molecule has 0 saturated carbocycles. The number of aryl methyl sites for hydroxylation is 1. The highest BCUT2D eigenvalue weighted by Crippen LogP contribution is 2.36. The zero-order valence-electron chi connectivity index (χ0n) is 9.22. The van der Waals surface area contributed by atoms with Gasteiger partial charge in [0.2, 0.25) is 0 Å². The number of ether oxygens (including phenoxy) is 1. The van der Waals surface area contributed by atoms with E-state index >= 15 is 0 Å². The maximum atomic E-state index is 5.50. The lowest BCUT2D eigenvalue weighted by Crippen LogP contribution is -2.09. The molecule has 0 fully saturated rings. The van der Waals surface area contributed by atoms with Crippen LogP contribution >= 0.6 is 11.3 Å². The van der Waals surface area contributed by atoms with Crippen molar-refractivity contribution in [3.8, 4) is 0 Å². The van der Waals surface area contributed by atoms with Gasteiger partial charge in [-0.3, -0.25) is 0 Å². The third-order valence-corrected chi connectivity index (χ3v) is 4.20. The van der Waals surface area contributed by atoms with Gasteiger partial charge >= 0.3 is 0 Å². The summed E-state index contributed by atoms with van der Waals surface area (Å²) in [5.41, 5.74) is 3.23. The molecule has 2 heteroatoms. The van der Waals surface area contributed by atoms with Gasteiger partial charge in [-0.25, -0.2) is 0 Å². The molecule has 78 valence electrons. The van der Waals surface area contributed by atoms with Gasteiger partial charge < -0.3 is 4.74 Å². The van der Waals surface area contributed by atoms with Crippen LogP contribution in [0, 0.1) is 0 Å². The summed E-state index contributed by atoms with van der Waals surface area (Å²) in [6, 6.07) is 0. The summed E-state index contributed by atoms with van der Waals surface area (Å²) >= 11 is 1.97. The number of thiophene rings is 1. The third-order valence-electron chi connectivity index (χ3n) is 2.84. The van der Waals surface area contributed by atoms with Crippen molar-refractivity contribution in [3.63, 3.8) is 0 Å². The van der Waals surface area contributed by atoms with Crippen molar-refractivity contribution in [3.05, 3.63) is 20.9 Å². The van der Waals surface area contributed by atoms with Crippen LogP contribution in [0.15, 0.2) is 0 Å². The Hall–Kier alpha value is -0.340. The van der Waals surface area contributed by atoms with Crippen molar-refractivity contribution in [1.29, 1.82) is 0 Å². The third kappa shape index (κ3) is 1.61. The molecule has 2 heterocycles. The highest BCUT2D eigenvalue weighted by atomic mass is 32.1. The first kappa shape index (κ1) is 10.2. The monoisotopic (exact) mass is 210 g/mol. The normalized spacial score (nSPS) is 16.0. The summed E-state index contributed by atoms with van der Waals surface area (Å²) in [6.45, 7) is 8.62. The van der Waals surface area contributed by atoms with Gasteiger partial charge in [-0.15, -0.1) is 11.3 Å². The van der Waals surface area contributed by atoms with Gasteiger partial charge in [-0.2, -0.15) is 0 Å². The smallest absolute Gasteiger partial charge is 0.0812 e. The fourth-order valence-corrected chi connectivity index (χ4v) is 3.63. The molecule has 0 atom stereocenters. The Bertz CT molecular complexity index is 325. The summed E-state index contributed by atoms with van der Waals surface area (Å²) in [6.07, 6.45) is 2.30. The van der Waals surface area contributed by atoms with E-state index in [4.69, 9.17) is 4.74 Å². The van der Waals surface area contributed by atoms with Crippen LogP contribution in [0.4, 0.5) is 0 Å². The van der Waals surface area contributed by atoms with Crippen LogP contribution in [0.2, 0.25) is 0 Å². The molecule has 1 aromatic heterocycles. The van der Waals surface area contributed by atoms with Crippen LogP contribution in [-0.2, 0) is 24.2 Å². The first-order valence-electron chi connectivity index (χ1n) is 5.45. The van der Waals surface area contributed by atoms with Crippen LogP contribution in [0.5, 0.6) is 0 Å². The van der Waals surface area contributed by atoms with E-state index in [-0.39, 0.29) is 0 Å². The minimum atomic E-state index is 0.669. The molecule has 0 aliphatic carbocycles. The maximum absolute atomic E-state index is 5.50. The molecule has 1 aromatic rings. The zero-order valence-corrected chi connectivity index (χ0v) is 10.0. The molecule has 2 rings (SSSR count). The van der Waals surface area contributed by atoms with Crippen molar-refractivity contribution >= 4 is 11.3 Å². The molecule has 1 nitrogen and oxygen atoms in total. The predicted molar refractivity (Wildman–Crippen MR) is 61.1 cm³/mol. The van der Waals surface area contributed by atoms with Crippen molar-refractivity contribution in [1.82, 2.24) is 0 Å². The topological polar surface area (TPSA) is 9.23 Å². The minimum absolute atomic E-state index is 0.669. The minimum Gasteiger partial charge on any atom is -0.376 e. The largest absolute Gasteiger partial charge is 0.376 e. The van der Waals surface area contributed by atoms with E-state index in [1.165, 1.54) is 11.3 Å². The van der Waals surface area contributed by atoms with Crippen LogP contribution in [0.1, 0.15) is 47.6 Å². The first-order chi connectivity index (χ1) is 6.74. The number of hydrogen-bond acceptors (Lipinski definition) is 2. The zero-order chi connectivity index (χ0) is 10.1. The molecule has 0 spiro atoms. The van der Waals surface area contributed by atoms with Crippen molar-refractivity contribution in [2.45, 2.75) is 46.1 Å². The highest BCUT2D eigenvalue weighted by molar-refractivity contribution is 7.12. The lowest BCUT2D eigenvalue weighted by molar-refractivity contribution is 0.113. The second-order valence-electron chi connectivity index (χ2n) is 4.15. The molecule has 0 amide bonds. The standard InChI is InChI=1S/C12H18OS/c1-4-10-12(8(2)3)9-5-6-13-7-11(9)14-10/h8H,4-7H2,1-3H3. The van der Waals surface area contributed by atoms with Gasteiger partial charge in [-0.05, 0) is 29.9 Å². The number of fused-ring (bicyclic) bond motifs is 1. The Labute approximate surface area is 90.1 Å². The fourth-order valence-electron chi connectivity index (χ4n) is 2.25. The molecule has 0 bridgehead atoms. The van der Waals surface area contributed by atoms with E-state index in [1.807, 2.05) is 11.3 Å². The quantitative estimate of drug-likeness (QED) is 0.726. The Morgan fingerprint density at radius 1 is 1.43 bits per heavy atom. The summed E-state index contributed by atoms with van der Waals surface area (Å²) in [5.74, 6) is 0.669. The van der Waals surface area contributed by atoms with Gasteiger partial charge in [0, 0.05) is 9.75 Å². The molecule has 0 unspecified atom stereocenters. The summed E-state index contributed by atoms with van der Waals surface area (Å²) in [4.78, 5) is 3.06. The lowest BCUT2D eigenvalue weighted by atomic mass is 9.94. The summed E-state index contributed by atoms with van der Waals surface area (Å²) in [7, 11) is 0. The van der Waals surface area contributed by atoms with E-state index < -0.39 is 0 Å². The van der Waals surface area contributed by atoms with Gasteiger partial charge in [0.25, 0.3) is 0 Å². The Balaban J connectivity index is 2.48. The predicted octanol–water partition coefficient (Wildman–Crippen LogP) is 3.51. The molecule has 0 aromatic carbocycles. The van der Waals surface area contributed by atoms with Crippen molar-refractivity contribution in [2.24, 2.45) is 0 Å². The van der Waals surface area contributed by atoms with Crippen LogP contribution in [-0.4, -0.2) is 6.61 Å². The average molecular weight is 210 g/mol. The van der Waals surface area contributed by atoms with Crippen LogP contribution in [0.3, 0.4) is 0 Å². The molecule has 0 saturated heterocycles. The number of rotatable bonds is 2. The SMILES string of the molecule is CCc1sc2c(c1C(C)C)CCOC2. The van der Waals surface area contributed by atoms with E-state index in [1.54, 1.807) is 16.0 Å². The number of hydrogen-bond donors (Lipinski definition) is 0. The van der Waals surface area contributed by atoms with Crippen LogP contribution < -0.4 is 0 Å². The molecule has 0 radical (unpaired) electrons. The molecule has 1 aliphatic heterocycles. The molecule has 0 N–H and O–H groups in total. The van der Waals surface area contributed by atoms with Crippen LogP contribution in [0.25, 0.3) is 0 Å². The van der Waals surface area contributed by atoms with Crippen molar-refractivity contribution in [2.75, 3.05) is 6.61 Å². The maximum Gasteiger partial charge on any atom is 0.0812 e. The summed E-state index contributed by atoms with van der Waals surface area (Å²) < 4.78 is 5.50. The molecular formula is C12H18OS. The first-order valence-corrected chi connectivity index (χ1v) is 6.26. The Morgan fingerprint density at radius 3 is 2.86 bits per heavy atom. The van der Waals surface area contributed by atoms with Gasteiger partial charge in [0.05, 0.1) is 13.2 Å². The lowest BCUT2D eigenvalue weighted by Gasteiger charge is -2.15. The second-order valence-corrected chi connectivity index (χ2v) is 5.34. The second kappa shape index (κ2) is 4.03. The molecular weight excluding hydrogens is 192 g/mol. The van der Waals surface area contributed by atoms with Gasteiger partial charge in [0.15, 0.2) is 0 Å². The van der Waals surface area contributed by atoms with Gasteiger partial charge in [0.1, 0.15) is 0 Å². The fraction of sp³-hybridized carbons (Fsp3) is 0.667. The van der Waals surface area contributed by atoms with E-state index in [2.05, 4.69) is 20.8 Å². The molecule has 14 heavy (non-hydrogen) atoms. The van der Waals surface area contributed by atoms with E-state index in [9.17, 15) is 0 Å². The molecule has 1 aliphatic rings. The summed E-state index contributed by atoms with van der Waals surface area (Å²) in [5, 5.41) is 0. The highest BCUT2D eigenvalue weighted by Gasteiger charge is 2.21. The Morgan fingerprint density at radius 2 is 2.21 bits per heavy atom. The van der Waals surface area contributed by atoms with Crippen molar-refractivity contribution < 1.29 is 4.74 Å². The van der Waals surface area contributed by atoms with Gasteiger partial charge in [-0.1, -0.05) is 20.8 Å². The van der Waals surface area contributed by atoms with E-state index in [0.717, 1.165) is 19.6 Å². The van der Waals surface area contributed by atoms with E-state index in [0.29, 0.717) is 5.92 Å². The average Bonchev–Trinajstić information content (AvgIpc) is 2.55. The Kier molecular flexibility index (Phi) is 2.93.